The summed E-state index contributed by atoms with van der Waals surface area (Å²) in [7, 11) is -2.82. The molecule has 40 heavy (non-hydrogen) atoms. The van der Waals surface area contributed by atoms with E-state index in [-0.39, 0.29) is 18.5 Å². The number of primary amides is 1. The summed E-state index contributed by atoms with van der Waals surface area (Å²) in [6.45, 7) is 2.83. The zero-order valence-corrected chi connectivity index (χ0v) is 23.4. The van der Waals surface area contributed by atoms with Gasteiger partial charge in [0.05, 0.1) is 24.6 Å². The van der Waals surface area contributed by atoms with Crippen molar-refractivity contribution in [1.82, 2.24) is 9.21 Å². The summed E-state index contributed by atoms with van der Waals surface area (Å²) in [4.78, 5) is 13.6. The Hall–Kier alpha value is -4.16. The smallest absolute Gasteiger partial charge is 0.304 e. The lowest BCUT2D eigenvalue weighted by molar-refractivity contribution is -0.118. The van der Waals surface area contributed by atoms with Gasteiger partial charge in [-0.1, -0.05) is 24.3 Å². The quantitative estimate of drug-likeness (QED) is 0.217. The Kier molecular flexibility index (Phi) is 8.60. The molecule has 0 atom stereocenters. The molecule has 0 radical (unpaired) electrons. The summed E-state index contributed by atoms with van der Waals surface area (Å²) in [5.41, 5.74) is 12.6. The average Bonchev–Trinajstić information content (AvgIpc) is 2.91. The van der Waals surface area contributed by atoms with Crippen molar-refractivity contribution in [2.45, 2.75) is 32.4 Å². The van der Waals surface area contributed by atoms with Crippen molar-refractivity contribution in [2.24, 2.45) is 11.5 Å². The van der Waals surface area contributed by atoms with Crippen LogP contribution in [0.2, 0.25) is 0 Å². The minimum absolute atomic E-state index is 0.00663. The Bertz CT molecular complexity index is 1520. The highest BCUT2D eigenvalue weighted by Crippen LogP contribution is 2.28. The third-order valence-electron chi connectivity index (χ3n) is 6.94. The van der Waals surface area contributed by atoms with Gasteiger partial charge in [0, 0.05) is 38.5 Å². The SMILES string of the molecule is CC(=N)N1CCC(Oc2ccc(N(Cc3ccc4ccc(C(=N)N)cc4c3)S(=O)(=O)N(C)CC(N)=O)cc2)CC1. The van der Waals surface area contributed by atoms with Crippen LogP contribution in [0.25, 0.3) is 10.8 Å². The molecule has 1 aliphatic rings. The van der Waals surface area contributed by atoms with Crippen molar-refractivity contribution < 1.29 is 17.9 Å². The molecule has 1 heterocycles. The van der Waals surface area contributed by atoms with Gasteiger partial charge in [-0.2, -0.15) is 12.7 Å². The molecule has 0 bridgehead atoms. The van der Waals surface area contributed by atoms with Crippen molar-refractivity contribution in [3.63, 3.8) is 0 Å². The summed E-state index contributed by atoms with van der Waals surface area (Å²) < 4.78 is 35.5. The van der Waals surface area contributed by atoms with E-state index >= 15 is 0 Å². The van der Waals surface area contributed by atoms with Gasteiger partial charge in [-0.15, -0.1) is 0 Å². The standard InChI is InChI=1S/C28H35N7O4S/c1-19(29)34-13-11-26(12-14-34)39-25-9-7-24(8-10-25)35(40(37,38)33(2)18-27(30)36)17-20-3-4-21-5-6-22(28(31)32)16-23(21)15-20/h3-10,15-16,26,29H,11-14,17-18H2,1-2H3,(H2,30,36)(H3,31,32). The van der Waals surface area contributed by atoms with Crippen molar-refractivity contribution in [2.75, 3.05) is 31.0 Å². The average molecular weight is 566 g/mol. The van der Waals surface area contributed by atoms with Gasteiger partial charge in [-0.05, 0) is 59.7 Å². The number of amidine groups is 2. The number of likely N-dealkylation sites (N-methyl/N-ethyl adjacent to an activating group) is 1. The fraction of sp³-hybridized carbons (Fsp3) is 0.321. The molecule has 4 rings (SSSR count). The molecule has 0 spiro atoms. The highest BCUT2D eigenvalue weighted by Gasteiger charge is 2.29. The molecule has 0 unspecified atom stereocenters. The number of hydrogen-bond donors (Lipinski definition) is 4. The highest BCUT2D eigenvalue weighted by molar-refractivity contribution is 7.90. The zero-order valence-electron chi connectivity index (χ0n) is 22.6. The molecule has 0 saturated carbocycles. The number of carbonyl (C=O) groups is 1. The lowest BCUT2D eigenvalue weighted by Gasteiger charge is -2.33. The minimum Gasteiger partial charge on any atom is -0.490 e. The van der Waals surface area contributed by atoms with Crippen LogP contribution in [0.15, 0.2) is 60.7 Å². The lowest BCUT2D eigenvalue weighted by atomic mass is 10.0. The number of piperidine rings is 1. The maximum atomic E-state index is 13.6. The highest BCUT2D eigenvalue weighted by atomic mass is 32.2. The van der Waals surface area contributed by atoms with Gasteiger partial charge in [-0.3, -0.25) is 19.9 Å². The number of nitrogens with one attached hydrogen (secondary N) is 2. The van der Waals surface area contributed by atoms with Crippen molar-refractivity contribution in [3.8, 4) is 5.75 Å². The first kappa shape index (κ1) is 28.8. The number of nitrogens with two attached hydrogens (primary N) is 2. The van der Waals surface area contributed by atoms with Crippen molar-refractivity contribution in [1.29, 1.82) is 10.8 Å². The third-order valence-corrected chi connectivity index (χ3v) is 8.75. The van der Waals surface area contributed by atoms with E-state index in [1.807, 2.05) is 29.2 Å². The van der Waals surface area contributed by atoms with E-state index in [9.17, 15) is 13.2 Å². The zero-order chi connectivity index (χ0) is 29.0. The topological polar surface area (TPSA) is 170 Å². The van der Waals surface area contributed by atoms with E-state index in [1.54, 1.807) is 43.3 Å². The van der Waals surface area contributed by atoms with E-state index in [4.69, 9.17) is 27.0 Å². The number of rotatable bonds is 10. The van der Waals surface area contributed by atoms with E-state index < -0.39 is 22.7 Å². The van der Waals surface area contributed by atoms with Crippen LogP contribution in [0.1, 0.15) is 30.9 Å². The minimum atomic E-state index is -4.13. The predicted octanol–water partition coefficient (Wildman–Crippen LogP) is 2.63. The van der Waals surface area contributed by atoms with E-state index in [0.29, 0.717) is 28.4 Å². The van der Waals surface area contributed by atoms with Gasteiger partial charge in [0.2, 0.25) is 5.91 Å². The van der Waals surface area contributed by atoms with Crippen LogP contribution in [-0.4, -0.2) is 68.0 Å². The molecule has 3 aromatic carbocycles. The monoisotopic (exact) mass is 565 g/mol. The van der Waals surface area contributed by atoms with Crippen LogP contribution in [0.5, 0.6) is 5.75 Å². The van der Waals surface area contributed by atoms with E-state index in [1.165, 1.54) is 11.4 Å². The van der Waals surface area contributed by atoms with Crippen molar-refractivity contribution >= 4 is 44.2 Å². The molecule has 0 aromatic heterocycles. The number of nitrogens with zero attached hydrogens (tertiary/aromatic N) is 3. The largest absolute Gasteiger partial charge is 0.490 e. The molecule has 12 heteroatoms. The maximum Gasteiger partial charge on any atom is 0.304 e. The van der Waals surface area contributed by atoms with Gasteiger partial charge in [-0.25, -0.2) is 0 Å². The summed E-state index contributed by atoms with van der Waals surface area (Å²) in [6, 6.07) is 17.8. The van der Waals surface area contributed by atoms with Gasteiger partial charge >= 0.3 is 10.2 Å². The number of likely N-dealkylation sites (tertiary alicyclic amines) is 1. The molecule has 11 nitrogen and oxygen atoms in total. The number of nitrogen functional groups attached to an aromatic ring is 1. The van der Waals surface area contributed by atoms with Gasteiger partial charge in [0.25, 0.3) is 0 Å². The second-order valence-corrected chi connectivity index (χ2v) is 11.9. The number of benzene rings is 3. The number of fused-ring (bicyclic) bond motifs is 1. The molecule has 212 valence electrons. The Morgan fingerprint density at radius 3 is 2.25 bits per heavy atom. The molecule has 1 amide bonds. The van der Waals surface area contributed by atoms with Crippen LogP contribution >= 0.6 is 0 Å². The molecule has 6 N–H and O–H groups in total. The molecule has 3 aromatic rings. The first-order chi connectivity index (χ1) is 18.9. The first-order valence-electron chi connectivity index (χ1n) is 12.9. The Morgan fingerprint density at radius 1 is 1.00 bits per heavy atom. The van der Waals surface area contributed by atoms with E-state index in [2.05, 4.69) is 0 Å². The molecule has 1 fully saturated rings. The molecular weight excluding hydrogens is 530 g/mol. The lowest BCUT2D eigenvalue weighted by Crippen LogP contribution is -2.45. The summed E-state index contributed by atoms with van der Waals surface area (Å²) in [5.74, 6) is 0.360. The number of hydrogen-bond acceptors (Lipinski definition) is 6. The van der Waals surface area contributed by atoms with Crippen LogP contribution in [-0.2, 0) is 21.5 Å². The number of ether oxygens (including phenoxy) is 1. The Morgan fingerprint density at radius 2 is 1.65 bits per heavy atom. The Balaban J connectivity index is 1.60. The fourth-order valence-corrected chi connectivity index (χ4v) is 6.02. The normalized spacial score (nSPS) is 14.3. The predicted molar refractivity (Wildman–Crippen MR) is 157 cm³/mol. The molecular formula is C28H35N7O4S. The van der Waals surface area contributed by atoms with Crippen LogP contribution in [0.4, 0.5) is 5.69 Å². The summed E-state index contributed by atoms with van der Waals surface area (Å²) in [6.07, 6.45) is 1.60. The third kappa shape index (κ3) is 6.69. The molecule has 0 aliphatic carbocycles. The second-order valence-electron chi connectivity index (χ2n) is 9.93. The summed E-state index contributed by atoms with van der Waals surface area (Å²) >= 11 is 0. The molecule has 1 saturated heterocycles. The second kappa shape index (κ2) is 11.9. The van der Waals surface area contributed by atoms with Crippen LogP contribution in [0.3, 0.4) is 0 Å². The maximum absolute atomic E-state index is 13.6. The van der Waals surface area contributed by atoms with Gasteiger partial charge < -0.3 is 21.1 Å². The fourth-order valence-electron chi connectivity index (χ4n) is 4.70. The first-order valence-corrected chi connectivity index (χ1v) is 14.3. The Labute approximate surface area is 234 Å². The van der Waals surface area contributed by atoms with Crippen LogP contribution in [0, 0.1) is 10.8 Å². The van der Waals surface area contributed by atoms with Gasteiger partial charge in [0.1, 0.15) is 17.7 Å². The van der Waals surface area contributed by atoms with Crippen LogP contribution < -0.4 is 20.5 Å². The van der Waals surface area contributed by atoms with E-state index in [0.717, 1.165) is 41.0 Å². The summed E-state index contributed by atoms with van der Waals surface area (Å²) in [5, 5.41) is 17.3. The number of anilines is 1. The van der Waals surface area contributed by atoms with Crippen molar-refractivity contribution in [3.05, 3.63) is 71.8 Å². The molecule has 1 aliphatic heterocycles. The number of carbonyl (C=O) groups excluding carboxylic acids is 1. The van der Waals surface area contributed by atoms with Gasteiger partial charge in [0.15, 0.2) is 0 Å². The number of amides is 1.